The second kappa shape index (κ2) is 6.10. The van der Waals surface area contributed by atoms with Crippen LogP contribution in [-0.4, -0.2) is 9.78 Å². The molecule has 4 heteroatoms. The fourth-order valence-corrected chi connectivity index (χ4v) is 2.99. The SMILES string of the molecule is Cc1nn(C)c(C)c1C(C)N[C@@H](C)c1ccc(Br)cc1. The average Bonchev–Trinajstić information content (AvgIpc) is 2.63. The minimum Gasteiger partial charge on any atom is -0.304 e. The molecule has 1 aromatic heterocycles. The smallest absolute Gasteiger partial charge is 0.0644 e. The minimum atomic E-state index is 0.280. The lowest BCUT2D eigenvalue weighted by molar-refractivity contribution is 0.491. The predicted octanol–water partition coefficient (Wildman–Crippen LogP) is 4.21. The Hall–Kier alpha value is -1.13. The van der Waals surface area contributed by atoms with Crippen molar-refractivity contribution in [2.75, 3.05) is 0 Å². The molecule has 2 atom stereocenters. The first-order chi connectivity index (χ1) is 9.40. The van der Waals surface area contributed by atoms with Crippen molar-refractivity contribution in [3.8, 4) is 0 Å². The molecule has 0 amide bonds. The molecule has 108 valence electrons. The molecule has 0 fully saturated rings. The fraction of sp³-hybridized carbons (Fsp3) is 0.438. The van der Waals surface area contributed by atoms with Gasteiger partial charge in [0.2, 0.25) is 0 Å². The van der Waals surface area contributed by atoms with Gasteiger partial charge in [-0.3, -0.25) is 4.68 Å². The summed E-state index contributed by atoms with van der Waals surface area (Å²) in [6.45, 7) is 8.59. The van der Waals surface area contributed by atoms with Crippen molar-refractivity contribution in [2.24, 2.45) is 7.05 Å². The first kappa shape index (κ1) is 15.3. The number of nitrogens with one attached hydrogen (secondary N) is 1. The van der Waals surface area contributed by atoms with Crippen molar-refractivity contribution in [1.82, 2.24) is 15.1 Å². The normalized spacial score (nSPS) is 14.3. The van der Waals surface area contributed by atoms with Crippen LogP contribution >= 0.6 is 15.9 Å². The van der Waals surface area contributed by atoms with Gasteiger partial charge in [0.25, 0.3) is 0 Å². The van der Waals surface area contributed by atoms with Crippen molar-refractivity contribution in [2.45, 2.75) is 39.8 Å². The topological polar surface area (TPSA) is 29.9 Å². The molecule has 0 bridgehead atoms. The zero-order valence-electron chi connectivity index (χ0n) is 12.7. The Morgan fingerprint density at radius 2 is 1.70 bits per heavy atom. The van der Waals surface area contributed by atoms with Gasteiger partial charge in [-0.15, -0.1) is 0 Å². The van der Waals surface area contributed by atoms with Crippen LogP contribution in [0.3, 0.4) is 0 Å². The standard InChI is InChI=1S/C16H22BrN3/c1-10(14-6-8-15(17)9-7-14)18-11(2)16-12(3)19-20(5)13(16)4/h6-11,18H,1-5H3/t10-,11?/m0/s1. The quantitative estimate of drug-likeness (QED) is 0.906. The summed E-state index contributed by atoms with van der Waals surface area (Å²) in [6.07, 6.45) is 0. The van der Waals surface area contributed by atoms with Gasteiger partial charge in [0.1, 0.15) is 0 Å². The largest absolute Gasteiger partial charge is 0.304 e. The van der Waals surface area contributed by atoms with Crippen LogP contribution in [0.1, 0.15) is 48.4 Å². The fourth-order valence-electron chi connectivity index (χ4n) is 2.72. The molecular weight excluding hydrogens is 314 g/mol. The zero-order chi connectivity index (χ0) is 14.9. The third-order valence-electron chi connectivity index (χ3n) is 3.87. The third kappa shape index (κ3) is 3.13. The lowest BCUT2D eigenvalue weighted by Gasteiger charge is -2.21. The van der Waals surface area contributed by atoms with Gasteiger partial charge in [-0.2, -0.15) is 5.10 Å². The van der Waals surface area contributed by atoms with E-state index in [1.165, 1.54) is 16.8 Å². The molecule has 1 aromatic carbocycles. The van der Waals surface area contributed by atoms with Crippen LogP contribution in [-0.2, 0) is 7.05 Å². The van der Waals surface area contributed by atoms with Gasteiger partial charge in [-0.25, -0.2) is 0 Å². The van der Waals surface area contributed by atoms with Gasteiger partial charge in [-0.05, 0) is 45.4 Å². The van der Waals surface area contributed by atoms with Crippen LogP contribution in [0.25, 0.3) is 0 Å². The van der Waals surface area contributed by atoms with Gasteiger partial charge in [-0.1, -0.05) is 28.1 Å². The van der Waals surface area contributed by atoms with Crippen LogP contribution in [0.15, 0.2) is 28.7 Å². The van der Waals surface area contributed by atoms with E-state index in [4.69, 9.17) is 0 Å². The molecule has 2 aromatic rings. The summed E-state index contributed by atoms with van der Waals surface area (Å²) >= 11 is 3.47. The van der Waals surface area contributed by atoms with Crippen molar-refractivity contribution in [1.29, 1.82) is 0 Å². The second-order valence-corrected chi connectivity index (χ2v) is 6.29. The highest BCUT2D eigenvalue weighted by Crippen LogP contribution is 2.24. The maximum atomic E-state index is 4.49. The van der Waals surface area contributed by atoms with E-state index in [-0.39, 0.29) is 6.04 Å². The van der Waals surface area contributed by atoms with E-state index in [9.17, 15) is 0 Å². The average molecular weight is 336 g/mol. The molecule has 0 saturated carbocycles. The Morgan fingerprint density at radius 1 is 1.10 bits per heavy atom. The molecule has 0 spiro atoms. The van der Waals surface area contributed by atoms with Gasteiger partial charge in [0.05, 0.1) is 5.69 Å². The van der Waals surface area contributed by atoms with Gasteiger partial charge < -0.3 is 5.32 Å². The number of hydrogen-bond donors (Lipinski definition) is 1. The molecule has 0 aliphatic rings. The van der Waals surface area contributed by atoms with Crippen molar-refractivity contribution in [3.63, 3.8) is 0 Å². The first-order valence-electron chi connectivity index (χ1n) is 6.91. The van der Waals surface area contributed by atoms with E-state index in [0.29, 0.717) is 6.04 Å². The Labute approximate surface area is 129 Å². The Balaban J connectivity index is 2.14. The first-order valence-corrected chi connectivity index (χ1v) is 7.71. The number of halogens is 1. The van der Waals surface area contributed by atoms with Crippen molar-refractivity contribution >= 4 is 15.9 Å². The molecule has 1 heterocycles. The van der Waals surface area contributed by atoms with Crippen LogP contribution < -0.4 is 5.32 Å². The molecule has 20 heavy (non-hydrogen) atoms. The highest BCUT2D eigenvalue weighted by Gasteiger charge is 2.18. The molecule has 0 radical (unpaired) electrons. The summed E-state index contributed by atoms with van der Waals surface area (Å²) in [7, 11) is 2.00. The van der Waals surface area contributed by atoms with E-state index in [2.05, 4.69) is 78.3 Å². The molecule has 2 rings (SSSR count). The molecule has 1 N–H and O–H groups in total. The molecule has 0 aliphatic carbocycles. The van der Waals surface area contributed by atoms with Crippen LogP contribution in [0.2, 0.25) is 0 Å². The van der Waals surface area contributed by atoms with Crippen LogP contribution in [0.4, 0.5) is 0 Å². The van der Waals surface area contributed by atoms with Gasteiger partial charge in [0, 0.05) is 34.9 Å². The maximum absolute atomic E-state index is 4.49. The predicted molar refractivity (Wildman–Crippen MR) is 86.8 cm³/mol. The number of aromatic nitrogens is 2. The molecule has 0 saturated heterocycles. The van der Waals surface area contributed by atoms with Gasteiger partial charge >= 0.3 is 0 Å². The van der Waals surface area contributed by atoms with E-state index >= 15 is 0 Å². The number of nitrogens with zero attached hydrogens (tertiary/aromatic N) is 2. The second-order valence-electron chi connectivity index (χ2n) is 5.37. The molecule has 1 unspecified atom stereocenters. The van der Waals surface area contributed by atoms with Crippen molar-refractivity contribution < 1.29 is 0 Å². The lowest BCUT2D eigenvalue weighted by Crippen LogP contribution is -2.23. The van der Waals surface area contributed by atoms with E-state index in [1.54, 1.807) is 0 Å². The Kier molecular flexibility index (Phi) is 4.66. The number of aryl methyl sites for hydroxylation is 2. The van der Waals surface area contributed by atoms with Crippen LogP contribution in [0, 0.1) is 13.8 Å². The highest BCUT2D eigenvalue weighted by molar-refractivity contribution is 9.10. The number of rotatable bonds is 4. The van der Waals surface area contributed by atoms with Gasteiger partial charge in [0.15, 0.2) is 0 Å². The summed E-state index contributed by atoms with van der Waals surface area (Å²) < 4.78 is 3.06. The van der Waals surface area contributed by atoms with E-state index < -0.39 is 0 Å². The molecular formula is C16H22BrN3. The third-order valence-corrected chi connectivity index (χ3v) is 4.40. The summed E-state index contributed by atoms with van der Waals surface area (Å²) in [5.41, 5.74) is 4.93. The number of hydrogen-bond acceptors (Lipinski definition) is 2. The minimum absolute atomic E-state index is 0.280. The Bertz CT molecular complexity index is 587. The maximum Gasteiger partial charge on any atom is 0.0644 e. The van der Waals surface area contributed by atoms with Crippen molar-refractivity contribution in [3.05, 3.63) is 51.3 Å². The summed E-state index contributed by atoms with van der Waals surface area (Å²) in [4.78, 5) is 0. The van der Waals surface area contributed by atoms with Crippen LogP contribution in [0.5, 0.6) is 0 Å². The summed E-state index contributed by atoms with van der Waals surface area (Å²) in [5.74, 6) is 0. The monoisotopic (exact) mass is 335 g/mol. The highest BCUT2D eigenvalue weighted by atomic mass is 79.9. The lowest BCUT2D eigenvalue weighted by atomic mass is 10.0. The zero-order valence-corrected chi connectivity index (χ0v) is 14.3. The number of benzene rings is 1. The van der Waals surface area contributed by atoms with E-state index in [0.717, 1.165) is 10.2 Å². The summed E-state index contributed by atoms with van der Waals surface area (Å²) in [6, 6.07) is 9.05. The summed E-state index contributed by atoms with van der Waals surface area (Å²) in [5, 5.41) is 8.15. The molecule has 0 aliphatic heterocycles. The Morgan fingerprint density at radius 3 is 2.20 bits per heavy atom. The molecule has 3 nitrogen and oxygen atoms in total. The van der Waals surface area contributed by atoms with E-state index in [1.807, 2.05) is 11.7 Å².